The summed E-state index contributed by atoms with van der Waals surface area (Å²) in [5, 5.41) is 23.6. The smallest absolute Gasteiger partial charge is 0.326 e. The molecule has 1 fully saturated rings. The van der Waals surface area contributed by atoms with Crippen molar-refractivity contribution in [2.24, 2.45) is 5.73 Å². The van der Waals surface area contributed by atoms with E-state index >= 15 is 0 Å². The largest absolute Gasteiger partial charge is 0.480 e. The normalized spacial score (nSPS) is 19.1. The van der Waals surface area contributed by atoms with Gasteiger partial charge in [0.1, 0.15) is 24.2 Å². The van der Waals surface area contributed by atoms with Crippen LogP contribution in [0.15, 0.2) is 0 Å². The van der Waals surface area contributed by atoms with E-state index in [0.717, 1.165) is 0 Å². The summed E-state index contributed by atoms with van der Waals surface area (Å²) in [6.45, 7) is -0.220. The topological polar surface area (TPSA) is 162 Å². The van der Waals surface area contributed by atoms with Crippen molar-refractivity contribution in [3.05, 3.63) is 0 Å². The molecule has 4 atom stereocenters. The van der Waals surface area contributed by atoms with Crippen molar-refractivity contribution in [3.8, 4) is 0 Å². The second-order valence-corrected chi connectivity index (χ2v) is 8.97. The van der Waals surface area contributed by atoms with Gasteiger partial charge in [-0.3, -0.25) is 14.4 Å². The minimum absolute atomic E-state index is 0.321. The van der Waals surface area contributed by atoms with Crippen LogP contribution in [0.3, 0.4) is 0 Å². The van der Waals surface area contributed by atoms with Gasteiger partial charge >= 0.3 is 5.97 Å². The fourth-order valence-corrected chi connectivity index (χ4v) is 4.06. The Labute approximate surface area is 185 Å². The highest BCUT2D eigenvalue weighted by Gasteiger charge is 2.38. The minimum Gasteiger partial charge on any atom is -0.480 e. The van der Waals surface area contributed by atoms with E-state index in [-0.39, 0.29) is 0 Å². The molecular weight excluding hydrogens is 432 g/mol. The van der Waals surface area contributed by atoms with Gasteiger partial charge in [-0.2, -0.15) is 23.5 Å². The Kier molecular flexibility index (Phi) is 12.1. The van der Waals surface area contributed by atoms with Crippen LogP contribution in [0.5, 0.6) is 0 Å². The monoisotopic (exact) mass is 464 g/mol. The van der Waals surface area contributed by atoms with E-state index < -0.39 is 54.5 Å². The van der Waals surface area contributed by atoms with Gasteiger partial charge in [0.05, 0.1) is 6.61 Å². The van der Waals surface area contributed by atoms with Crippen molar-refractivity contribution in [2.75, 3.05) is 37.2 Å². The van der Waals surface area contributed by atoms with Crippen LogP contribution in [0, 0.1) is 0 Å². The number of thioether (sulfide) groups is 2. The second-order valence-electron chi connectivity index (χ2n) is 7.00. The summed E-state index contributed by atoms with van der Waals surface area (Å²) in [5.74, 6) is -1.49. The highest BCUT2D eigenvalue weighted by molar-refractivity contribution is 7.98. The fourth-order valence-electron chi connectivity index (χ4n) is 3.12. The second kappa shape index (κ2) is 13.7. The zero-order valence-corrected chi connectivity index (χ0v) is 19.0. The Bertz CT molecular complexity index is 609. The molecule has 30 heavy (non-hydrogen) atoms. The third kappa shape index (κ3) is 7.97. The molecule has 0 radical (unpaired) electrons. The Hall–Kier alpha value is -1.50. The van der Waals surface area contributed by atoms with Gasteiger partial charge < -0.3 is 31.5 Å². The molecule has 1 heterocycles. The fraction of sp³-hybridized carbons (Fsp3) is 0.778. The van der Waals surface area contributed by atoms with Crippen LogP contribution in [0.4, 0.5) is 0 Å². The zero-order chi connectivity index (χ0) is 22.7. The maximum absolute atomic E-state index is 13.0. The molecule has 0 aromatic rings. The molecule has 6 N–H and O–H groups in total. The van der Waals surface area contributed by atoms with E-state index in [4.69, 9.17) is 10.8 Å². The highest BCUT2D eigenvalue weighted by Crippen LogP contribution is 2.20. The van der Waals surface area contributed by atoms with Crippen LogP contribution >= 0.6 is 23.5 Å². The van der Waals surface area contributed by atoms with E-state index in [0.29, 0.717) is 43.7 Å². The van der Waals surface area contributed by atoms with Gasteiger partial charge in [0.2, 0.25) is 17.7 Å². The van der Waals surface area contributed by atoms with E-state index in [2.05, 4.69) is 10.6 Å². The number of nitrogens with one attached hydrogen (secondary N) is 2. The molecule has 172 valence electrons. The molecule has 10 nitrogen and oxygen atoms in total. The first-order valence-corrected chi connectivity index (χ1v) is 12.5. The number of likely N-dealkylation sites (tertiary alicyclic amines) is 1. The summed E-state index contributed by atoms with van der Waals surface area (Å²) < 4.78 is 0. The molecule has 0 aromatic heterocycles. The van der Waals surface area contributed by atoms with Crippen LogP contribution in [0.25, 0.3) is 0 Å². The van der Waals surface area contributed by atoms with Gasteiger partial charge in [-0.05, 0) is 49.7 Å². The first kappa shape index (κ1) is 26.5. The van der Waals surface area contributed by atoms with Crippen molar-refractivity contribution in [3.63, 3.8) is 0 Å². The summed E-state index contributed by atoms with van der Waals surface area (Å²) in [6, 6.07) is -3.84. The lowest BCUT2D eigenvalue weighted by Crippen LogP contribution is -2.57. The molecule has 12 heteroatoms. The Balaban J connectivity index is 2.93. The molecule has 1 aliphatic rings. The standard InChI is InChI=1S/C18H32N4O6S2/c1-29-8-5-12(20-15(24)11(19)10-23)16(25)21-13(6-9-30-2)17(26)22-7-3-4-14(22)18(27)28/h11-14,23H,3-10,19H2,1-2H3,(H,20,24)(H,21,25)(H,27,28). The number of carbonyl (C=O) groups is 4. The Morgan fingerprint density at radius 3 is 2.17 bits per heavy atom. The molecule has 1 saturated heterocycles. The van der Waals surface area contributed by atoms with Crippen molar-refractivity contribution in [1.29, 1.82) is 0 Å². The number of rotatable bonds is 13. The molecule has 0 spiro atoms. The van der Waals surface area contributed by atoms with Gasteiger partial charge in [-0.25, -0.2) is 4.79 Å². The molecule has 0 saturated carbocycles. The summed E-state index contributed by atoms with van der Waals surface area (Å²) in [6.07, 6.45) is 5.38. The van der Waals surface area contributed by atoms with Gasteiger partial charge in [0.25, 0.3) is 0 Å². The van der Waals surface area contributed by atoms with Crippen molar-refractivity contribution in [2.45, 2.75) is 49.9 Å². The number of carbonyl (C=O) groups excluding carboxylic acids is 3. The number of hydrogen-bond donors (Lipinski definition) is 5. The predicted molar refractivity (Wildman–Crippen MR) is 117 cm³/mol. The number of aliphatic carboxylic acids is 1. The quantitative estimate of drug-likeness (QED) is 0.227. The first-order chi connectivity index (χ1) is 14.3. The summed E-state index contributed by atoms with van der Waals surface area (Å²) in [4.78, 5) is 50.7. The Morgan fingerprint density at radius 1 is 1.07 bits per heavy atom. The van der Waals surface area contributed by atoms with Crippen LogP contribution in [-0.2, 0) is 19.2 Å². The summed E-state index contributed by atoms with van der Waals surface area (Å²) in [7, 11) is 0. The molecule has 1 aliphatic heterocycles. The van der Waals surface area contributed by atoms with Crippen LogP contribution in [-0.4, -0.2) is 100 Å². The first-order valence-electron chi connectivity index (χ1n) is 9.75. The minimum atomic E-state index is -1.15. The average molecular weight is 465 g/mol. The van der Waals surface area contributed by atoms with Gasteiger partial charge in [-0.1, -0.05) is 0 Å². The maximum atomic E-state index is 13.0. The number of carboxylic acid groups (broad SMARTS) is 1. The molecule has 3 amide bonds. The van der Waals surface area contributed by atoms with Crippen molar-refractivity contribution >= 4 is 47.2 Å². The van der Waals surface area contributed by atoms with Crippen LogP contribution in [0.1, 0.15) is 25.7 Å². The number of amides is 3. The third-order valence-corrected chi connectivity index (χ3v) is 6.11. The van der Waals surface area contributed by atoms with E-state index in [1.54, 1.807) is 0 Å². The third-order valence-electron chi connectivity index (χ3n) is 4.82. The van der Waals surface area contributed by atoms with Crippen molar-refractivity contribution in [1.82, 2.24) is 15.5 Å². The maximum Gasteiger partial charge on any atom is 0.326 e. The zero-order valence-electron chi connectivity index (χ0n) is 17.3. The molecule has 0 aliphatic carbocycles. The summed E-state index contributed by atoms with van der Waals surface area (Å²) >= 11 is 3.00. The average Bonchev–Trinajstić information content (AvgIpc) is 3.22. The number of carboxylic acids is 1. The number of nitrogens with two attached hydrogens (primary N) is 1. The van der Waals surface area contributed by atoms with Gasteiger partial charge in [0, 0.05) is 6.54 Å². The Morgan fingerprint density at radius 2 is 1.63 bits per heavy atom. The molecular formula is C18H32N4O6S2. The molecule has 0 bridgehead atoms. The van der Waals surface area contributed by atoms with Crippen LogP contribution < -0.4 is 16.4 Å². The molecule has 0 aromatic carbocycles. The molecule has 1 rings (SSSR count). The number of hydrogen-bond acceptors (Lipinski definition) is 8. The summed E-state index contributed by atoms with van der Waals surface area (Å²) in [5.41, 5.74) is 5.52. The molecule has 4 unspecified atom stereocenters. The lowest BCUT2D eigenvalue weighted by atomic mass is 10.1. The highest BCUT2D eigenvalue weighted by atomic mass is 32.2. The van der Waals surface area contributed by atoms with Gasteiger partial charge in [-0.15, -0.1) is 0 Å². The number of aliphatic hydroxyl groups is 1. The lowest BCUT2D eigenvalue weighted by Gasteiger charge is -2.29. The van der Waals surface area contributed by atoms with E-state index in [1.165, 1.54) is 28.4 Å². The number of nitrogens with zero attached hydrogens (tertiary/aromatic N) is 1. The van der Waals surface area contributed by atoms with E-state index in [9.17, 15) is 24.3 Å². The van der Waals surface area contributed by atoms with Crippen LogP contribution in [0.2, 0.25) is 0 Å². The lowest BCUT2D eigenvalue weighted by molar-refractivity contribution is -0.149. The van der Waals surface area contributed by atoms with E-state index in [1.807, 2.05) is 12.5 Å². The number of aliphatic hydroxyl groups excluding tert-OH is 1. The predicted octanol–water partition coefficient (Wildman–Crippen LogP) is -1.14. The SMILES string of the molecule is CSCCC(NC(=O)C(N)CO)C(=O)NC(CCSC)C(=O)N1CCCC1C(=O)O. The van der Waals surface area contributed by atoms with Crippen molar-refractivity contribution < 1.29 is 29.4 Å². The van der Waals surface area contributed by atoms with Gasteiger partial charge in [0.15, 0.2) is 0 Å².